The number of thiophene rings is 1. The topological polar surface area (TPSA) is 35.2 Å². The summed E-state index contributed by atoms with van der Waals surface area (Å²) in [6.07, 6.45) is 2.56. The number of nitrogens with two attached hydrogens (primary N) is 1. The summed E-state index contributed by atoms with van der Waals surface area (Å²) in [5, 5.41) is 2.11. The van der Waals surface area contributed by atoms with Gasteiger partial charge in [0, 0.05) is 10.9 Å². The molecule has 0 aliphatic rings. The van der Waals surface area contributed by atoms with Gasteiger partial charge in [0.05, 0.1) is 6.10 Å². The number of ether oxygens (including phenoxy) is 1. The molecule has 3 heteroatoms. The number of rotatable bonds is 6. The van der Waals surface area contributed by atoms with Crippen molar-refractivity contribution in [2.24, 2.45) is 5.73 Å². The van der Waals surface area contributed by atoms with Gasteiger partial charge in [-0.3, -0.25) is 0 Å². The molecule has 0 bridgehead atoms. The molecule has 1 rings (SSSR count). The number of hydrogen-bond acceptors (Lipinski definition) is 3. The van der Waals surface area contributed by atoms with Gasteiger partial charge in [0.25, 0.3) is 0 Å². The first-order chi connectivity index (χ1) is 7.56. The molecule has 0 aliphatic carbocycles. The molecule has 1 aromatic rings. The summed E-state index contributed by atoms with van der Waals surface area (Å²) in [4.78, 5) is 1.28. The van der Waals surface area contributed by atoms with Crippen LogP contribution in [0.1, 0.15) is 50.2 Å². The van der Waals surface area contributed by atoms with Crippen molar-refractivity contribution in [2.75, 3.05) is 0 Å². The summed E-state index contributed by atoms with van der Waals surface area (Å²) in [6, 6.07) is 2.17. The van der Waals surface area contributed by atoms with Crippen LogP contribution in [0.15, 0.2) is 11.4 Å². The average Bonchev–Trinajstić information content (AvgIpc) is 2.61. The fourth-order valence-electron chi connectivity index (χ4n) is 1.83. The van der Waals surface area contributed by atoms with Gasteiger partial charge < -0.3 is 10.5 Å². The molecule has 0 saturated heterocycles. The van der Waals surface area contributed by atoms with Crippen molar-refractivity contribution in [3.05, 3.63) is 21.9 Å². The quantitative estimate of drug-likeness (QED) is 0.825. The number of aryl methyl sites for hydroxylation is 1. The third-order valence-electron chi connectivity index (χ3n) is 2.71. The molecule has 0 amide bonds. The van der Waals surface area contributed by atoms with Crippen molar-refractivity contribution in [2.45, 2.75) is 58.8 Å². The minimum absolute atomic E-state index is 0.0386. The van der Waals surface area contributed by atoms with Crippen molar-refractivity contribution in [1.82, 2.24) is 0 Å². The van der Waals surface area contributed by atoms with Gasteiger partial charge in [-0.15, -0.1) is 11.3 Å². The molecule has 1 heterocycles. The highest BCUT2D eigenvalue weighted by molar-refractivity contribution is 7.10. The van der Waals surface area contributed by atoms with Crippen LogP contribution >= 0.6 is 11.3 Å². The Kier molecular flexibility index (Phi) is 5.46. The lowest BCUT2D eigenvalue weighted by Crippen LogP contribution is -2.29. The Bertz CT molecular complexity index is 309. The van der Waals surface area contributed by atoms with Crippen LogP contribution in [-0.2, 0) is 4.74 Å². The molecule has 3 unspecified atom stereocenters. The maximum atomic E-state index is 6.06. The Hall–Kier alpha value is -0.380. The molecule has 2 nitrogen and oxygen atoms in total. The van der Waals surface area contributed by atoms with E-state index in [2.05, 4.69) is 32.2 Å². The highest BCUT2D eigenvalue weighted by Gasteiger charge is 2.22. The van der Waals surface area contributed by atoms with Gasteiger partial charge in [-0.25, -0.2) is 0 Å². The molecule has 1 aromatic heterocycles. The van der Waals surface area contributed by atoms with Gasteiger partial charge >= 0.3 is 0 Å². The molecule has 92 valence electrons. The predicted octanol–water partition coefficient (Wildman–Crippen LogP) is 3.65. The Balaban J connectivity index is 2.73. The zero-order chi connectivity index (χ0) is 12.1. The van der Waals surface area contributed by atoms with Gasteiger partial charge in [0.2, 0.25) is 0 Å². The molecule has 0 saturated carbocycles. The van der Waals surface area contributed by atoms with Crippen LogP contribution < -0.4 is 5.73 Å². The second kappa shape index (κ2) is 6.38. The average molecular weight is 241 g/mol. The molecule has 0 aromatic carbocycles. The maximum absolute atomic E-state index is 6.06. The minimum atomic E-state index is 0.0386. The minimum Gasteiger partial charge on any atom is -0.368 e. The Morgan fingerprint density at radius 2 is 2.12 bits per heavy atom. The summed E-state index contributed by atoms with van der Waals surface area (Å²) in [5.41, 5.74) is 7.31. The third-order valence-corrected chi connectivity index (χ3v) is 3.79. The maximum Gasteiger partial charge on any atom is 0.107 e. The summed E-state index contributed by atoms with van der Waals surface area (Å²) in [7, 11) is 0. The predicted molar refractivity (Wildman–Crippen MR) is 70.9 cm³/mol. The van der Waals surface area contributed by atoms with Crippen LogP contribution in [0.5, 0.6) is 0 Å². The fraction of sp³-hybridized carbons (Fsp3) is 0.692. The van der Waals surface area contributed by atoms with Crippen LogP contribution in [0.3, 0.4) is 0 Å². The number of hydrogen-bond donors (Lipinski definition) is 1. The second-order valence-electron chi connectivity index (χ2n) is 4.48. The molecule has 0 aliphatic heterocycles. The van der Waals surface area contributed by atoms with Gasteiger partial charge in [-0.05, 0) is 44.2 Å². The summed E-state index contributed by atoms with van der Waals surface area (Å²) in [6.45, 7) is 8.44. The van der Waals surface area contributed by atoms with E-state index >= 15 is 0 Å². The van der Waals surface area contributed by atoms with E-state index in [0.29, 0.717) is 0 Å². The fourth-order valence-corrected chi connectivity index (χ4v) is 2.90. The molecule has 2 N–H and O–H groups in total. The largest absolute Gasteiger partial charge is 0.368 e. The lowest BCUT2D eigenvalue weighted by atomic mass is 10.1. The molecule has 0 radical (unpaired) electrons. The van der Waals surface area contributed by atoms with Gasteiger partial charge in [-0.2, -0.15) is 0 Å². The molecule has 3 atom stereocenters. The normalized spacial score (nSPS) is 17.1. The van der Waals surface area contributed by atoms with E-state index in [9.17, 15) is 0 Å². The van der Waals surface area contributed by atoms with Crippen molar-refractivity contribution >= 4 is 11.3 Å². The van der Waals surface area contributed by atoms with E-state index in [4.69, 9.17) is 10.5 Å². The van der Waals surface area contributed by atoms with Crippen LogP contribution in [0.2, 0.25) is 0 Å². The zero-order valence-electron chi connectivity index (χ0n) is 10.7. The van der Waals surface area contributed by atoms with E-state index in [-0.39, 0.29) is 18.2 Å². The lowest BCUT2D eigenvalue weighted by molar-refractivity contribution is -0.0170. The van der Waals surface area contributed by atoms with E-state index in [1.807, 2.05) is 6.92 Å². The SMILES string of the molecule is CCCC(C)OC(c1sccc1C)C(C)N. The van der Waals surface area contributed by atoms with Gasteiger partial charge in [-0.1, -0.05) is 13.3 Å². The summed E-state index contributed by atoms with van der Waals surface area (Å²) < 4.78 is 6.06. The third kappa shape index (κ3) is 3.58. The molecule has 0 fully saturated rings. The second-order valence-corrected chi connectivity index (χ2v) is 5.43. The lowest BCUT2D eigenvalue weighted by Gasteiger charge is -2.25. The molecular formula is C13H23NOS. The first kappa shape index (κ1) is 13.7. The Labute approximate surface area is 103 Å². The van der Waals surface area contributed by atoms with Gasteiger partial charge in [0.1, 0.15) is 6.10 Å². The van der Waals surface area contributed by atoms with E-state index in [1.54, 1.807) is 11.3 Å². The van der Waals surface area contributed by atoms with Gasteiger partial charge in [0.15, 0.2) is 0 Å². The monoisotopic (exact) mass is 241 g/mol. The Morgan fingerprint density at radius 1 is 1.44 bits per heavy atom. The molecule has 0 spiro atoms. The Morgan fingerprint density at radius 3 is 2.56 bits per heavy atom. The van der Waals surface area contributed by atoms with E-state index in [1.165, 1.54) is 10.4 Å². The van der Waals surface area contributed by atoms with E-state index < -0.39 is 0 Å². The van der Waals surface area contributed by atoms with Crippen LogP contribution in [-0.4, -0.2) is 12.1 Å². The summed E-state index contributed by atoms with van der Waals surface area (Å²) >= 11 is 1.74. The smallest absolute Gasteiger partial charge is 0.107 e. The summed E-state index contributed by atoms with van der Waals surface area (Å²) in [5.74, 6) is 0. The van der Waals surface area contributed by atoms with Crippen LogP contribution in [0.4, 0.5) is 0 Å². The van der Waals surface area contributed by atoms with Crippen molar-refractivity contribution in [3.8, 4) is 0 Å². The highest BCUT2D eigenvalue weighted by atomic mass is 32.1. The standard InChI is InChI=1S/C13H23NOS/c1-5-6-10(3)15-12(11(4)14)13-9(2)7-8-16-13/h7-8,10-12H,5-6,14H2,1-4H3. The van der Waals surface area contributed by atoms with Crippen molar-refractivity contribution in [3.63, 3.8) is 0 Å². The zero-order valence-corrected chi connectivity index (χ0v) is 11.5. The van der Waals surface area contributed by atoms with Crippen molar-refractivity contribution in [1.29, 1.82) is 0 Å². The molecule has 16 heavy (non-hydrogen) atoms. The van der Waals surface area contributed by atoms with E-state index in [0.717, 1.165) is 12.8 Å². The van der Waals surface area contributed by atoms with Crippen molar-refractivity contribution < 1.29 is 4.74 Å². The first-order valence-electron chi connectivity index (χ1n) is 6.01. The highest BCUT2D eigenvalue weighted by Crippen LogP contribution is 2.30. The molecular weight excluding hydrogens is 218 g/mol. The van der Waals surface area contributed by atoms with Crippen LogP contribution in [0, 0.1) is 6.92 Å². The van der Waals surface area contributed by atoms with Crippen LogP contribution in [0.25, 0.3) is 0 Å². The first-order valence-corrected chi connectivity index (χ1v) is 6.89.